The summed E-state index contributed by atoms with van der Waals surface area (Å²) in [5.74, 6) is 0.101. The molecule has 0 saturated carbocycles. The molecule has 0 bridgehead atoms. The van der Waals surface area contributed by atoms with Gasteiger partial charge in [-0.2, -0.15) is 0 Å². The van der Waals surface area contributed by atoms with Crippen molar-refractivity contribution in [2.45, 2.75) is 6.54 Å². The molecule has 0 saturated heterocycles. The molecule has 4 heteroatoms. The van der Waals surface area contributed by atoms with Crippen LogP contribution < -0.4 is 5.32 Å². The summed E-state index contributed by atoms with van der Waals surface area (Å²) < 4.78 is 0. The van der Waals surface area contributed by atoms with Crippen molar-refractivity contribution in [2.24, 2.45) is 0 Å². The van der Waals surface area contributed by atoms with Gasteiger partial charge in [0.25, 0.3) is 0 Å². The number of nitrogens with zero attached hydrogens (tertiary/aromatic N) is 1. The van der Waals surface area contributed by atoms with Crippen molar-refractivity contribution in [1.82, 2.24) is 4.90 Å². The number of nitrogens with one attached hydrogen (secondary N) is 1. The zero-order valence-corrected chi connectivity index (χ0v) is 13.6. The minimum absolute atomic E-state index is 0.0802. The van der Waals surface area contributed by atoms with E-state index in [1.807, 2.05) is 30.1 Å². The predicted octanol–water partition coefficient (Wildman–Crippen LogP) is 3.62. The molecular weight excluding hydrogens is 300 g/mol. The molecule has 1 amide bonds. The normalized spacial score (nSPS) is 10.9. The number of carbonyl (C=O) groups is 1. The monoisotopic (exact) mass is 320 g/mol. The minimum atomic E-state index is -0.0802. The summed E-state index contributed by atoms with van der Waals surface area (Å²) in [6.07, 6.45) is 0. The van der Waals surface area contributed by atoms with Crippen LogP contribution in [0, 0.1) is 0 Å². The first-order valence-corrected chi connectivity index (χ1v) is 7.86. The van der Waals surface area contributed by atoms with Crippen molar-refractivity contribution < 1.29 is 9.90 Å². The maximum absolute atomic E-state index is 12.1. The minimum Gasteiger partial charge on any atom is -0.508 e. The lowest BCUT2D eigenvalue weighted by Gasteiger charge is -2.17. The average molecular weight is 320 g/mol. The van der Waals surface area contributed by atoms with Gasteiger partial charge in [0.15, 0.2) is 0 Å². The van der Waals surface area contributed by atoms with Crippen molar-refractivity contribution in [2.75, 3.05) is 18.9 Å². The number of phenols is 1. The smallest absolute Gasteiger partial charge is 0.238 e. The number of hydrogen-bond acceptors (Lipinski definition) is 3. The first-order chi connectivity index (χ1) is 11.6. The van der Waals surface area contributed by atoms with Crippen LogP contribution in [0.3, 0.4) is 0 Å². The molecule has 24 heavy (non-hydrogen) atoms. The van der Waals surface area contributed by atoms with Gasteiger partial charge in [0.05, 0.1) is 6.54 Å². The fraction of sp³-hybridized carbons (Fsp3) is 0.150. The van der Waals surface area contributed by atoms with E-state index < -0.39 is 0 Å². The molecule has 0 fully saturated rings. The molecule has 0 aliphatic rings. The Kier molecular flexibility index (Phi) is 4.77. The van der Waals surface area contributed by atoms with Gasteiger partial charge >= 0.3 is 0 Å². The number of amides is 1. The molecule has 0 unspecified atom stereocenters. The number of rotatable bonds is 5. The zero-order chi connectivity index (χ0) is 16.9. The SMILES string of the molecule is CN(CC(=O)Nc1ccc(O)cc1)Cc1cccc2ccccc12. The molecule has 0 aliphatic heterocycles. The van der Waals surface area contributed by atoms with Crippen molar-refractivity contribution in [1.29, 1.82) is 0 Å². The van der Waals surface area contributed by atoms with E-state index in [0.717, 1.165) is 0 Å². The highest BCUT2D eigenvalue weighted by atomic mass is 16.3. The Morgan fingerprint density at radius 3 is 2.50 bits per heavy atom. The van der Waals surface area contributed by atoms with Gasteiger partial charge in [-0.3, -0.25) is 9.69 Å². The van der Waals surface area contributed by atoms with E-state index in [-0.39, 0.29) is 11.7 Å². The van der Waals surface area contributed by atoms with Gasteiger partial charge < -0.3 is 10.4 Å². The maximum atomic E-state index is 12.1. The lowest BCUT2D eigenvalue weighted by Crippen LogP contribution is -2.29. The number of carbonyl (C=O) groups excluding carboxylic acids is 1. The van der Waals surface area contributed by atoms with Crippen LogP contribution in [0.5, 0.6) is 5.75 Å². The Morgan fingerprint density at radius 1 is 1.00 bits per heavy atom. The molecular formula is C20H20N2O2. The molecule has 3 rings (SSSR count). The third kappa shape index (κ3) is 3.91. The van der Waals surface area contributed by atoms with E-state index in [2.05, 4.69) is 29.6 Å². The average Bonchev–Trinajstić information content (AvgIpc) is 2.57. The highest BCUT2D eigenvalue weighted by molar-refractivity contribution is 5.92. The summed E-state index contributed by atoms with van der Waals surface area (Å²) in [7, 11) is 1.93. The van der Waals surface area contributed by atoms with Crippen LogP contribution in [0.25, 0.3) is 10.8 Å². The molecule has 3 aromatic carbocycles. The van der Waals surface area contributed by atoms with Gasteiger partial charge in [0.1, 0.15) is 5.75 Å². The zero-order valence-electron chi connectivity index (χ0n) is 13.6. The Bertz CT molecular complexity index is 838. The van der Waals surface area contributed by atoms with Crippen LogP contribution in [-0.4, -0.2) is 29.5 Å². The summed E-state index contributed by atoms with van der Waals surface area (Å²) in [6, 6.07) is 20.9. The Balaban J connectivity index is 1.63. The molecule has 0 heterocycles. The summed E-state index contributed by atoms with van der Waals surface area (Å²) in [5, 5.41) is 14.5. The number of aromatic hydroxyl groups is 1. The van der Waals surface area contributed by atoms with Gasteiger partial charge in [-0.1, -0.05) is 42.5 Å². The fourth-order valence-corrected chi connectivity index (χ4v) is 2.77. The van der Waals surface area contributed by atoms with Crippen LogP contribution in [-0.2, 0) is 11.3 Å². The number of hydrogen-bond donors (Lipinski definition) is 2. The van der Waals surface area contributed by atoms with Crippen LogP contribution >= 0.6 is 0 Å². The quantitative estimate of drug-likeness (QED) is 0.706. The molecule has 3 aromatic rings. The molecule has 2 N–H and O–H groups in total. The molecule has 122 valence electrons. The van der Waals surface area contributed by atoms with E-state index in [1.165, 1.54) is 16.3 Å². The summed E-state index contributed by atoms with van der Waals surface area (Å²) >= 11 is 0. The second-order valence-electron chi connectivity index (χ2n) is 5.91. The first-order valence-electron chi connectivity index (χ1n) is 7.86. The van der Waals surface area contributed by atoms with Crippen LogP contribution in [0.15, 0.2) is 66.7 Å². The number of phenolic OH excluding ortho intramolecular Hbond substituents is 1. The number of likely N-dealkylation sites (N-methyl/N-ethyl adjacent to an activating group) is 1. The largest absolute Gasteiger partial charge is 0.508 e. The van der Waals surface area contributed by atoms with Gasteiger partial charge in [0.2, 0.25) is 5.91 Å². The van der Waals surface area contributed by atoms with E-state index in [9.17, 15) is 9.90 Å². The van der Waals surface area contributed by atoms with Crippen LogP contribution in [0.2, 0.25) is 0 Å². The molecule has 0 aliphatic carbocycles. The standard InChI is InChI=1S/C20H20N2O2/c1-22(14-20(24)21-17-9-11-18(23)12-10-17)13-16-7-4-6-15-5-2-3-8-19(15)16/h2-12,23H,13-14H2,1H3,(H,21,24). The van der Waals surface area contributed by atoms with Crippen molar-refractivity contribution >= 4 is 22.4 Å². The molecule has 0 spiro atoms. The third-order valence-corrected chi connectivity index (χ3v) is 3.88. The maximum Gasteiger partial charge on any atom is 0.238 e. The van der Waals surface area contributed by atoms with Crippen molar-refractivity contribution in [3.63, 3.8) is 0 Å². The predicted molar refractivity (Wildman–Crippen MR) is 97.0 cm³/mol. The molecule has 0 atom stereocenters. The second-order valence-corrected chi connectivity index (χ2v) is 5.91. The van der Waals surface area contributed by atoms with Crippen LogP contribution in [0.1, 0.15) is 5.56 Å². The van der Waals surface area contributed by atoms with E-state index >= 15 is 0 Å². The van der Waals surface area contributed by atoms with E-state index in [1.54, 1.807) is 24.3 Å². The van der Waals surface area contributed by atoms with Crippen molar-refractivity contribution in [3.8, 4) is 5.75 Å². The van der Waals surface area contributed by atoms with E-state index in [0.29, 0.717) is 18.8 Å². The second kappa shape index (κ2) is 7.15. The van der Waals surface area contributed by atoms with Crippen LogP contribution in [0.4, 0.5) is 5.69 Å². The first kappa shape index (κ1) is 16.0. The molecule has 4 nitrogen and oxygen atoms in total. The Labute approximate surface area is 141 Å². The number of fused-ring (bicyclic) bond motifs is 1. The topological polar surface area (TPSA) is 52.6 Å². The van der Waals surface area contributed by atoms with Crippen molar-refractivity contribution in [3.05, 3.63) is 72.3 Å². The summed E-state index contributed by atoms with van der Waals surface area (Å²) in [4.78, 5) is 14.1. The Morgan fingerprint density at radius 2 is 1.71 bits per heavy atom. The van der Waals surface area contributed by atoms with Gasteiger partial charge in [0, 0.05) is 12.2 Å². The van der Waals surface area contributed by atoms with E-state index in [4.69, 9.17) is 0 Å². The molecule has 0 aromatic heterocycles. The van der Waals surface area contributed by atoms with Gasteiger partial charge in [-0.25, -0.2) is 0 Å². The highest BCUT2D eigenvalue weighted by Crippen LogP contribution is 2.19. The highest BCUT2D eigenvalue weighted by Gasteiger charge is 2.09. The molecule has 0 radical (unpaired) electrons. The van der Waals surface area contributed by atoms with Gasteiger partial charge in [-0.05, 0) is 47.6 Å². The number of anilines is 1. The summed E-state index contributed by atoms with van der Waals surface area (Å²) in [5.41, 5.74) is 1.88. The number of benzene rings is 3. The third-order valence-electron chi connectivity index (χ3n) is 3.88. The Hall–Kier alpha value is -2.85. The summed E-state index contributed by atoms with van der Waals surface area (Å²) in [6.45, 7) is 0.994. The van der Waals surface area contributed by atoms with Gasteiger partial charge in [-0.15, -0.1) is 0 Å². The lowest BCUT2D eigenvalue weighted by atomic mass is 10.0. The lowest BCUT2D eigenvalue weighted by molar-refractivity contribution is -0.117. The fourth-order valence-electron chi connectivity index (χ4n) is 2.77.